The summed E-state index contributed by atoms with van der Waals surface area (Å²) in [6, 6.07) is 7.24. The van der Waals surface area contributed by atoms with Crippen LogP contribution in [0.4, 0.5) is 5.82 Å². The summed E-state index contributed by atoms with van der Waals surface area (Å²) >= 11 is 7.61. The molecule has 1 fully saturated rings. The van der Waals surface area contributed by atoms with E-state index in [4.69, 9.17) is 16.3 Å². The zero-order valence-corrected chi connectivity index (χ0v) is 16.3. The van der Waals surface area contributed by atoms with E-state index in [0.717, 1.165) is 33.5 Å². The van der Waals surface area contributed by atoms with Gasteiger partial charge in [-0.1, -0.05) is 12.1 Å². The molecule has 0 bridgehead atoms. The number of benzene rings is 1. The van der Waals surface area contributed by atoms with Gasteiger partial charge in [0.1, 0.15) is 22.4 Å². The maximum Gasteiger partial charge on any atom is 0.326 e. The van der Waals surface area contributed by atoms with Gasteiger partial charge in [0.15, 0.2) is 0 Å². The van der Waals surface area contributed by atoms with E-state index in [-0.39, 0.29) is 5.28 Å². The largest absolute Gasteiger partial charge is 0.494 e. The van der Waals surface area contributed by atoms with Crippen LogP contribution in [0.1, 0.15) is 19.8 Å². The molecule has 0 saturated carbocycles. The molecule has 140 valence electrons. The van der Waals surface area contributed by atoms with Gasteiger partial charge in [-0.05, 0) is 49.1 Å². The van der Waals surface area contributed by atoms with E-state index in [9.17, 15) is 9.90 Å². The smallest absolute Gasteiger partial charge is 0.326 e. The van der Waals surface area contributed by atoms with Gasteiger partial charge in [0.05, 0.1) is 12.0 Å². The predicted molar refractivity (Wildman–Crippen MR) is 107 cm³/mol. The van der Waals surface area contributed by atoms with Crippen LogP contribution in [0, 0.1) is 0 Å². The molecule has 0 amide bonds. The number of halogens is 1. The molecular weight excluding hydrogens is 386 g/mol. The molecule has 0 spiro atoms. The maximum absolute atomic E-state index is 11.7. The molecule has 27 heavy (non-hydrogen) atoms. The van der Waals surface area contributed by atoms with E-state index in [2.05, 4.69) is 9.97 Å². The number of rotatable bonds is 5. The van der Waals surface area contributed by atoms with Crippen LogP contribution in [-0.2, 0) is 4.79 Å². The first kappa shape index (κ1) is 18.0. The van der Waals surface area contributed by atoms with Crippen LogP contribution < -0.4 is 9.64 Å². The van der Waals surface area contributed by atoms with Gasteiger partial charge in [0.2, 0.25) is 5.28 Å². The van der Waals surface area contributed by atoms with Crippen molar-refractivity contribution in [3.8, 4) is 16.9 Å². The second-order valence-electron chi connectivity index (χ2n) is 6.29. The number of nitrogens with zero attached hydrogens (tertiary/aromatic N) is 3. The van der Waals surface area contributed by atoms with Gasteiger partial charge in [0.25, 0.3) is 0 Å². The molecule has 1 N–H and O–H groups in total. The van der Waals surface area contributed by atoms with Crippen molar-refractivity contribution in [1.82, 2.24) is 9.97 Å². The van der Waals surface area contributed by atoms with Crippen LogP contribution in [0.25, 0.3) is 21.3 Å². The summed E-state index contributed by atoms with van der Waals surface area (Å²) in [5.41, 5.74) is 1.98. The molecule has 8 heteroatoms. The number of fused-ring (bicyclic) bond motifs is 1. The Kier molecular flexibility index (Phi) is 4.88. The maximum atomic E-state index is 11.7. The van der Waals surface area contributed by atoms with Crippen molar-refractivity contribution in [2.24, 2.45) is 0 Å². The molecule has 3 aromatic rings. The fourth-order valence-electron chi connectivity index (χ4n) is 3.49. The fraction of sp³-hybridized carbons (Fsp3) is 0.316. The molecular formula is C19H18ClN3O3S. The summed E-state index contributed by atoms with van der Waals surface area (Å²) in [7, 11) is 0. The summed E-state index contributed by atoms with van der Waals surface area (Å²) in [4.78, 5) is 23.0. The molecule has 2 aromatic heterocycles. The van der Waals surface area contributed by atoms with Crippen LogP contribution in [-0.4, -0.2) is 40.2 Å². The van der Waals surface area contributed by atoms with Crippen LogP contribution >= 0.6 is 22.9 Å². The number of ether oxygens (including phenoxy) is 1. The molecule has 1 saturated heterocycles. The van der Waals surface area contributed by atoms with Gasteiger partial charge in [-0.2, -0.15) is 4.98 Å². The summed E-state index contributed by atoms with van der Waals surface area (Å²) < 4.78 is 5.51. The van der Waals surface area contributed by atoms with Crippen molar-refractivity contribution in [1.29, 1.82) is 0 Å². The Bertz CT molecular complexity index is 990. The summed E-state index contributed by atoms with van der Waals surface area (Å²) in [5.74, 6) is 0.569. The number of hydrogen-bond donors (Lipinski definition) is 1. The molecule has 1 aromatic carbocycles. The molecule has 4 rings (SSSR count). The number of thiophene rings is 1. The lowest BCUT2D eigenvalue weighted by atomic mass is 10.1. The standard InChI is InChI=1S/C19H18ClN3O3S/c1-2-26-12-7-5-11(6-8-12)13-10-27-17-15(13)16(21-19(20)22-17)23-9-3-4-14(23)18(24)25/h5-8,10,14H,2-4,9H2,1H3,(H,24,25). The number of hydrogen-bond acceptors (Lipinski definition) is 6. The normalized spacial score (nSPS) is 16.8. The van der Waals surface area contributed by atoms with Crippen LogP contribution in [0.3, 0.4) is 0 Å². The second-order valence-corrected chi connectivity index (χ2v) is 7.49. The third kappa shape index (κ3) is 3.33. The lowest BCUT2D eigenvalue weighted by molar-refractivity contribution is -0.138. The van der Waals surface area contributed by atoms with Crippen LogP contribution in [0.15, 0.2) is 29.6 Å². The van der Waals surface area contributed by atoms with E-state index < -0.39 is 12.0 Å². The molecule has 1 unspecified atom stereocenters. The topological polar surface area (TPSA) is 75.6 Å². The molecule has 1 aliphatic heterocycles. The second kappa shape index (κ2) is 7.32. The minimum atomic E-state index is -0.840. The van der Waals surface area contributed by atoms with E-state index in [0.29, 0.717) is 25.4 Å². The minimum Gasteiger partial charge on any atom is -0.494 e. The van der Waals surface area contributed by atoms with Crippen molar-refractivity contribution in [3.63, 3.8) is 0 Å². The third-order valence-electron chi connectivity index (χ3n) is 4.67. The van der Waals surface area contributed by atoms with Crippen molar-refractivity contribution in [2.75, 3.05) is 18.1 Å². The summed E-state index contributed by atoms with van der Waals surface area (Å²) in [6.45, 7) is 3.20. The molecule has 1 atom stereocenters. The lowest BCUT2D eigenvalue weighted by Gasteiger charge is -2.23. The molecule has 0 radical (unpaired) electrons. The van der Waals surface area contributed by atoms with Gasteiger partial charge in [-0.15, -0.1) is 11.3 Å². The number of carboxylic acid groups (broad SMARTS) is 1. The number of carboxylic acids is 1. The first-order valence-electron chi connectivity index (χ1n) is 8.76. The highest BCUT2D eigenvalue weighted by atomic mass is 35.5. The van der Waals surface area contributed by atoms with Crippen molar-refractivity contribution in [3.05, 3.63) is 34.9 Å². The first-order valence-corrected chi connectivity index (χ1v) is 10.0. The van der Waals surface area contributed by atoms with E-state index >= 15 is 0 Å². The van der Waals surface area contributed by atoms with E-state index in [1.165, 1.54) is 11.3 Å². The van der Waals surface area contributed by atoms with E-state index in [1.54, 1.807) is 0 Å². The zero-order chi connectivity index (χ0) is 19.0. The molecule has 1 aliphatic rings. The van der Waals surface area contributed by atoms with Crippen molar-refractivity contribution < 1.29 is 14.6 Å². The minimum absolute atomic E-state index is 0.133. The Morgan fingerprint density at radius 2 is 2.15 bits per heavy atom. The average Bonchev–Trinajstić information content (AvgIpc) is 3.29. The zero-order valence-electron chi connectivity index (χ0n) is 14.7. The first-order chi connectivity index (χ1) is 13.1. The quantitative estimate of drug-likeness (QED) is 0.633. The fourth-order valence-corrected chi connectivity index (χ4v) is 4.65. The van der Waals surface area contributed by atoms with Crippen LogP contribution in [0.2, 0.25) is 5.28 Å². The molecule has 0 aliphatic carbocycles. The predicted octanol–water partition coefficient (Wildman–Crippen LogP) is 4.46. The summed E-state index contributed by atoms with van der Waals surface area (Å²) in [5, 5.41) is 12.6. The number of anilines is 1. The van der Waals surface area contributed by atoms with Gasteiger partial charge >= 0.3 is 5.97 Å². The Labute approximate surface area is 165 Å². The number of aliphatic carboxylic acids is 1. The number of aromatic nitrogens is 2. The Hall–Kier alpha value is -2.38. The van der Waals surface area contributed by atoms with Gasteiger partial charge < -0.3 is 14.7 Å². The van der Waals surface area contributed by atoms with E-state index in [1.807, 2.05) is 41.5 Å². The molecule has 6 nitrogen and oxygen atoms in total. The lowest BCUT2D eigenvalue weighted by Crippen LogP contribution is -2.36. The number of carbonyl (C=O) groups is 1. The monoisotopic (exact) mass is 403 g/mol. The van der Waals surface area contributed by atoms with Crippen molar-refractivity contribution in [2.45, 2.75) is 25.8 Å². The van der Waals surface area contributed by atoms with Gasteiger partial charge in [-0.3, -0.25) is 0 Å². The van der Waals surface area contributed by atoms with Gasteiger partial charge in [-0.25, -0.2) is 9.78 Å². The van der Waals surface area contributed by atoms with Crippen LogP contribution in [0.5, 0.6) is 5.75 Å². The average molecular weight is 404 g/mol. The van der Waals surface area contributed by atoms with Crippen molar-refractivity contribution >= 4 is 44.9 Å². The Morgan fingerprint density at radius 3 is 2.85 bits per heavy atom. The highest BCUT2D eigenvalue weighted by molar-refractivity contribution is 7.17. The third-order valence-corrected chi connectivity index (χ3v) is 5.71. The SMILES string of the molecule is CCOc1ccc(-c2csc3nc(Cl)nc(N4CCCC4C(=O)O)c23)cc1. The highest BCUT2D eigenvalue weighted by Crippen LogP contribution is 2.41. The van der Waals surface area contributed by atoms with Gasteiger partial charge in [0, 0.05) is 17.5 Å². The Balaban J connectivity index is 1.85. The highest BCUT2D eigenvalue weighted by Gasteiger charge is 2.33. The summed E-state index contributed by atoms with van der Waals surface area (Å²) in [6.07, 6.45) is 1.41. The Morgan fingerprint density at radius 1 is 1.37 bits per heavy atom. The molecule has 3 heterocycles.